The summed E-state index contributed by atoms with van der Waals surface area (Å²) in [6.45, 7) is 2.15. The van der Waals surface area contributed by atoms with Gasteiger partial charge in [-0.3, -0.25) is 14.5 Å². The molecule has 5 nitrogen and oxygen atoms in total. The molecule has 102 valence electrons. The molecular formula is C14H17NO4. The number of hydrogen-bond donors (Lipinski definition) is 0. The quantitative estimate of drug-likeness (QED) is 0.597. The molecule has 0 spiro atoms. The van der Waals surface area contributed by atoms with Crippen LogP contribution in [0.4, 0.5) is 0 Å². The zero-order valence-corrected chi connectivity index (χ0v) is 11.3. The van der Waals surface area contributed by atoms with E-state index in [1.165, 1.54) is 19.1 Å². The van der Waals surface area contributed by atoms with Crippen LogP contribution in [0.1, 0.15) is 27.6 Å². The monoisotopic (exact) mass is 263 g/mol. The third-order valence-electron chi connectivity index (χ3n) is 3.28. The summed E-state index contributed by atoms with van der Waals surface area (Å²) in [5, 5.41) is 0. The van der Waals surface area contributed by atoms with E-state index in [-0.39, 0.29) is 24.3 Å². The number of amides is 2. The van der Waals surface area contributed by atoms with Gasteiger partial charge in [0.1, 0.15) is 0 Å². The highest BCUT2D eigenvalue weighted by Gasteiger charge is 2.36. The zero-order chi connectivity index (χ0) is 14.0. The maximum absolute atomic E-state index is 12.2. The summed E-state index contributed by atoms with van der Waals surface area (Å²) >= 11 is 0. The Morgan fingerprint density at radius 3 is 1.95 bits per heavy atom. The van der Waals surface area contributed by atoms with Crippen molar-refractivity contribution in [2.75, 3.05) is 20.8 Å². The van der Waals surface area contributed by atoms with Crippen molar-refractivity contribution < 1.29 is 19.1 Å². The van der Waals surface area contributed by atoms with Crippen LogP contribution in [0.15, 0.2) is 24.3 Å². The molecule has 1 aliphatic rings. The number of benzene rings is 1. The highest BCUT2D eigenvalue weighted by atomic mass is 16.7. The second-order valence-electron chi connectivity index (χ2n) is 4.58. The highest BCUT2D eigenvalue weighted by molar-refractivity contribution is 6.21. The molecule has 1 aromatic carbocycles. The van der Waals surface area contributed by atoms with Gasteiger partial charge >= 0.3 is 0 Å². The molecule has 1 unspecified atom stereocenters. The molecule has 1 atom stereocenters. The Labute approximate surface area is 112 Å². The predicted octanol–water partition coefficient (Wildman–Crippen LogP) is 1.54. The molecule has 2 rings (SSSR count). The molecule has 0 aromatic heterocycles. The number of hydrogen-bond acceptors (Lipinski definition) is 4. The van der Waals surface area contributed by atoms with E-state index < -0.39 is 6.29 Å². The average molecular weight is 263 g/mol. The number of ether oxygens (including phenoxy) is 2. The molecule has 2 amide bonds. The lowest BCUT2D eigenvalue weighted by molar-refractivity contribution is -0.134. The van der Waals surface area contributed by atoms with Crippen molar-refractivity contribution in [3.63, 3.8) is 0 Å². The van der Waals surface area contributed by atoms with Crippen LogP contribution in [0.25, 0.3) is 0 Å². The fourth-order valence-electron chi connectivity index (χ4n) is 2.34. The maximum Gasteiger partial charge on any atom is 0.261 e. The summed E-state index contributed by atoms with van der Waals surface area (Å²) in [5.41, 5.74) is 0.928. The van der Waals surface area contributed by atoms with E-state index >= 15 is 0 Å². The number of methoxy groups -OCH3 is 2. The van der Waals surface area contributed by atoms with Gasteiger partial charge in [0.2, 0.25) is 0 Å². The molecule has 0 saturated carbocycles. The topological polar surface area (TPSA) is 55.8 Å². The molecule has 5 heteroatoms. The number of imide groups is 1. The zero-order valence-electron chi connectivity index (χ0n) is 11.3. The Morgan fingerprint density at radius 1 is 1.05 bits per heavy atom. The molecular weight excluding hydrogens is 246 g/mol. The Kier molecular flexibility index (Phi) is 3.97. The van der Waals surface area contributed by atoms with Crippen molar-refractivity contribution in [1.29, 1.82) is 0 Å². The molecule has 0 bridgehead atoms. The normalized spacial score (nSPS) is 16.1. The van der Waals surface area contributed by atoms with E-state index in [1.54, 1.807) is 24.3 Å². The molecule has 1 heterocycles. The average Bonchev–Trinajstić information content (AvgIpc) is 2.66. The summed E-state index contributed by atoms with van der Waals surface area (Å²) in [6, 6.07) is 6.85. The van der Waals surface area contributed by atoms with Gasteiger partial charge in [0.15, 0.2) is 6.29 Å². The van der Waals surface area contributed by atoms with Gasteiger partial charge < -0.3 is 9.47 Å². The van der Waals surface area contributed by atoms with Crippen LogP contribution < -0.4 is 0 Å². The van der Waals surface area contributed by atoms with Gasteiger partial charge in [-0.1, -0.05) is 19.1 Å². The van der Waals surface area contributed by atoms with Gasteiger partial charge in [-0.2, -0.15) is 0 Å². The summed E-state index contributed by atoms with van der Waals surface area (Å²) in [4.78, 5) is 25.6. The molecule has 0 fully saturated rings. The molecule has 1 aliphatic heterocycles. The van der Waals surface area contributed by atoms with E-state index in [4.69, 9.17) is 9.47 Å². The summed E-state index contributed by atoms with van der Waals surface area (Å²) in [6.07, 6.45) is -0.440. The first kappa shape index (κ1) is 13.7. The minimum Gasteiger partial charge on any atom is -0.356 e. The SMILES string of the molecule is COC(OC)C(C)CN1C(=O)c2ccccc2C1=O. The van der Waals surface area contributed by atoms with Crippen LogP contribution in [0.3, 0.4) is 0 Å². The van der Waals surface area contributed by atoms with Gasteiger partial charge in [0.05, 0.1) is 11.1 Å². The summed E-state index contributed by atoms with van der Waals surface area (Å²) in [7, 11) is 3.07. The minimum absolute atomic E-state index is 0.0998. The summed E-state index contributed by atoms with van der Waals surface area (Å²) in [5.74, 6) is -0.603. The van der Waals surface area contributed by atoms with Crippen molar-refractivity contribution in [2.24, 2.45) is 5.92 Å². The standard InChI is InChI=1S/C14H17NO4/c1-9(14(18-2)19-3)8-15-12(16)10-6-4-5-7-11(10)13(15)17/h4-7,9,14H,8H2,1-3H3. The Bertz CT molecular complexity index is 461. The number of fused-ring (bicyclic) bond motifs is 1. The molecule has 0 saturated heterocycles. The van der Waals surface area contributed by atoms with Gasteiger partial charge in [0.25, 0.3) is 11.8 Å². The van der Waals surface area contributed by atoms with Crippen LogP contribution in [-0.2, 0) is 9.47 Å². The number of rotatable bonds is 5. The lowest BCUT2D eigenvalue weighted by Crippen LogP contribution is -2.38. The fourth-order valence-corrected chi connectivity index (χ4v) is 2.34. The van der Waals surface area contributed by atoms with Crippen LogP contribution >= 0.6 is 0 Å². The van der Waals surface area contributed by atoms with Crippen molar-refractivity contribution in [1.82, 2.24) is 4.90 Å². The first-order chi connectivity index (χ1) is 9.10. The van der Waals surface area contributed by atoms with Gasteiger partial charge in [-0.25, -0.2) is 0 Å². The highest BCUT2D eigenvalue weighted by Crippen LogP contribution is 2.24. The van der Waals surface area contributed by atoms with Crippen molar-refractivity contribution in [3.05, 3.63) is 35.4 Å². The third kappa shape index (κ3) is 2.39. The number of carbonyl (C=O) groups excluding carboxylic acids is 2. The van der Waals surface area contributed by atoms with Crippen molar-refractivity contribution in [2.45, 2.75) is 13.2 Å². The molecule has 19 heavy (non-hydrogen) atoms. The van der Waals surface area contributed by atoms with E-state index in [0.29, 0.717) is 11.1 Å². The molecule has 0 radical (unpaired) electrons. The lowest BCUT2D eigenvalue weighted by Gasteiger charge is -2.24. The van der Waals surface area contributed by atoms with Crippen LogP contribution in [0.5, 0.6) is 0 Å². The predicted molar refractivity (Wildman–Crippen MR) is 68.8 cm³/mol. The van der Waals surface area contributed by atoms with Crippen molar-refractivity contribution in [3.8, 4) is 0 Å². The second-order valence-corrected chi connectivity index (χ2v) is 4.58. The summed E-state index contributed by atoms with van der Waals surface area (Å²) < 4.78 is 10.3. The third-order valence-corrected chi connectivity index (χ3v) is 3.28. The number of nitrogens with zero attached hydrogens (tertiary/aromatic N) is 1. The van der Waals surface area contributed by atoms with Crippen LogP contribution in [0, 0.1) is 5.92 Å². The van der Waals surface area contributed by atoms with Gasteiger partial charge in [-0.15, -0.1) is 0 Å². The first-order valence-electron chi connectivity index (χ1n) is 6.11. The Balaban J connectivity index is 2.16. The van der Waals surface area contributed by atoms with Gasteiger partial charge in [0, 0.05) is 26.7 Å². The van der Waals surface area contributed by atoms with E-state index in [0.717, 1.165) is 0 Å². The molecule has 1 aromatic rings. The van der Waals surface area contributed by atoms with Crippen LogP contribution in [-0.4, -0.2) is 43.8 Å². The second kappa shape index (κ2) is 5.50. The minimum atomic E-state index is -0.440. The van der Waals surface area contributed by atoms with E-state index in [1.807, 2.05) is 6.92 Å². The van der Waals surface area contributed by atoms with E-state index in [9.17, 15) is 9.59 Å². The largest absolute Gasteiger partial charge is 0.356 e. The lowest BCUT2D eigenvalue weighted by atomic mass is 10.1. The fraction of sp³-hybridized carbons (Fsp3) is 0.429. The Morgan fingerprint density at radius 2 is 1.53 bits per heavy atom. The maximum atomic E-state index is 12.2. The molecule has 0 N–H and O–H groups in total. The Hall–Kier alpha value is -1.72. The van der Waals surface area contributed by atoms with Crippen molar-refractivity contribution >= 4 is 11.8 Å². The smallest absolute Gasteiger partial charge is 0.261 e. The number of carbonyl (C=O) groups is 2. The molecule has 0 aliphatic carbocycles. The first-order valence-corrected chi connectivity index (χ1v) is 6.11. The van der Waals surface area contributed by atoms with E-state index in [2.05, 4.69) is 0 Å². The van der Waals surface area contributed by atoms with Crippen LogP contribution in [0.2, 0.25) is 0 Å². The van der Waals surface area contributed by atoms with Gasteiger partial charge in [-0.05, 0) is 12.1 Å².